The van der Waals surface area contributed by atoms with Crippen LogP contribution in [0, 0.1) is 0 Å². The van der Waals surface area contributed by atoms with Crippen LogP contribution in [0.2, 0.25) is 0 Å². The van der Waals surface area contributed by atoms with Crippen LogP contribution in [-0.4, -0.2) is 32.6 Å². The zero-order valence-electron chi connectivity index (χ0n) is 17.0. The lowest BCUT2D eigenvalue weighted by Gasteiger charge is -2.11. The Balaban J connectivity index is 1.57. The minimum absolute atomic E-state index is 0.498. The van der Waals surface area contributed by atoms with E-state index in [1.807, 2.05) is 29.7 Å². The number of hydrogen-bond acceptors (Lipinski definition) is 6. The maximum absolute atomic E-state index is 5.61. The van der Waals surface area contributed by atoms with Gasteiger partial charge < -0.3 is 16.4 Å². The normalized spacial score (nSPS) is 10.9. The number of imidazole rings is 1. The molecule has 0 atom stereocenters. The van der Waals surface area contributed by atoms with Crippen LogP contribution in [0.4, 0.5) is 11.8 Å². The number of allylic oxidation sites excluding steroid dienone is 1. The number of aromatic nitrogens is 4. The highest BCUT2D eigenvalue weighted by Gasteiger charge is 2.13. The molecule has 152 valence electrons. The lowest BCUT2D eigenvalue weighted by molar-refractivity contribution is 0.986. The smallest absolute Gasteiger partial charge is 0.226 e. The van der Waals surface area contributed by atoms with Crippen LogP contribution >= 0.6 is 0 Å². The van der Waals surface area contributed by atoms with Gasteiger partial charge in [-0.25, -0.2) is 4.98 Å². The highest BCUT2D eigenvalue weighted by molar-refractivity contribution is 5.86. The Hall–Kier alpha value is -3.71. The molecule has 0 bridgehead atoms. The lowest BCUT2D eigenvalue weighted by Crippen LogP contribution is -2.16. The number of benzene rings is 2. The topological polar surface area (TPSA) is 93.7 Å². The number of fused-ring (bicyclic) bond motifs is 1. The molecule has 0 aliphatic rings. The minimum Gasteiger partial charge on any atom is -0.364 e. The van der Waals surface area contributed by atoms with Gasteiger partial charge in [-0.3, -0.25) is 4.57 Å². The van der Waals surface area contributed by atoms with E-state index in [-0.39, 0.29) is 0 Å². The van der Waals surface area contributed by atoms with Crippen molar-refractivity contribution in [3.05, 3.63) is 73.1 Å². The summed E-state index contributed by atoms with van der Waals surface area (Å²) in [4.78, 5) is 13.7. The van der Waals surface area contributed by atoms with Crippen molar-refractivity contribution in [2.75, 3.05) is 23.7 Å². The van der Waals surface area contributed by atoms with Gasteiger partial charge >= 0.3 is 0 Å². The molecule has 0 saturated carbocycles. The van der Waals surface area contributed by atoms with Crippen LogP contribution in [0.3, 0.4) is 0 Å². The Bertz CT molecular complexity index is 1150. The van der Waals surface area contributed by atoms with Crippen LogP contribution in [0.5, 0.6) is 0 Å². The van der Waals surface area contributed by atoms with Gasteiger partial charge in [-0.15, -0.1) is 0 Å². The van der Waals surface area contributed by atoms with Crippen molar-refractivity contribution in [3.8, 4) is 11.1 Å². The maximum atomic E-state index is 5.61. The summed E-state index contributed by atoms with van der Waals surface area (Å²) in [6.07, 6.45) is 1.72. The van der Waals surface area contributed by atoms with Gasteiger partial charge in [0, 0.05) is 25.3 Å². The van der Waals surface area contributed by atoms with Gasteiger partial charge in [0.1, 0.15) is 6.33 Å². The first-order chi connectivity index (χ1) is 14.7. The molecule has 0 saturated heterocycles. The molecule has 2 heterocycles. The molecule has 0 aliphatic carbocycles. The number of nitrogens with two attached hydrogens (primary N) is 1. The summed E-state index contributed by atoms with van der Waals surface area (Å²) in [7, 11) is 0. The molecule has 30 heavy (non-hydrogen) atoms. The van der Waals surface area contributed by atoms with Crippen molar-refractivity contribution >= 4 is 28.6 Å². The number of hydrogen-bond donors (Lipinski definition) is 3. The second-order valence-corrected chi connectivity index (χ2v) is 7.05. The van der Waals surface area contributed by atoms with Crippen LogP contribution in [0.1, 0.15) is 12.5 Å². The predicted octanol–water partition coefficient (Wildman–Crippen LogP) is 3.97. The zero-order valence-corrected chi connectivity index (χ0v) is 17.0. The van der Waals surface area contributed by atoms with Crippen LogP contribution < -0.4 is 16.4 Å². The van der Waals surface area contributed by atoms with E-state index in [2.05, 4.69) is 68.6 Å². The van der Waals surface area contributed by atoms with Crippen LogP contribution in [-0.2, 0) is 6.54 Å². The average molecular weight is 400 g/mol. The summed E-state index contributed by atoms with van der Waals surface area (Å²) in [6.45, 7) is 7.62. The molecule has 0 amide bonds. The van der Waals surface area contributed by atoms with Crippen LogP contribution in [0.15, 0.2) is 67.5 Å². The molecule has 0 radical (unpaired) electrons. The Morgan fingerprint density at radius 2 is 1.73 bits per heavy atom. The van der Waals surface area contributed by atoms with E-state index >= 15 is 0 Å². The molecular formula is C23H25N7. The van der Waals surface area contributed by atoms with Gasteiger partial charge in [-0.2, -0.15) is 9.97 Å². The lowest BCUT2D eigenvalue weighted by atomic mass is 10.0. The Morgan fingerprint density at radius 3 is 2.43 bits per heavy atom. The quantitative estimate of drug-likeness (QED) is 0.415. The number of rotatable bonds is 8. The molecule has 0 unspecified atom stereocenters. The minimum atomic E-state index is 0.498. The van der Waals surface area contributed by atoms with E-state index in [0.717, 1.165) is 11.3 Å². The standard InChI is InChI=1S/C23H25N7/c1-16(2)30-15-27-20-21(28-23(25-13-12-24)29-22(20)30)26-14-17-8-10-19(11-9-17)18-6-4-3-5-7-18/h3-11,15H,1,12-14,24H2,2H3,(H2,25,26,28,29). The monoisotopic (exact) mass is 399 g/mol. The number of nitrogens with zero attached hydrogens (tertiary/aromatic N) is 4. The van der Waals surface area contributed by atoms with E-state index < -0.39 is 0 Å². The van der Waals surface area contributed by atoms with E-state index in [1.54, 1.807) is 6.33 Å². The summed E-state index contributed by atoms with van der Waals surface area (Å²) in [5, 5.41) is 6.55. The molecule has 7 heteroatoms. The first-order valence-electron chi connectivity index (χ1n) is 9.89. The fourth-order valence-corrected chi connectivity index (χ4v) is 3.20. The van der Waals surface area contributed by atoms with Crippen molar-refractivity contribution in [1.29, 1.82) is 0 Å². The van der Waals surface area contributed by atoms with Crippen molar-refractivity contribution in [2.45, 2.75) is 13.5 Å². The van der Waals surface area contributed by atoms with Crippen molar-refractivity contribution in [2.24, 2.45) is 5.73 Å². The van der Waals surface area contributed by atoms with Crippen molar-refractivity contribution < 1.29 is 0 Å². The summed E-state index contributed by atoms with van der Waals surface area (Å²) in [5.41, 5.74) is 11.4. The van der Waals surface area contributed by atoms with Crippen molar-refractivity contribution in [1.82, 2.24) is 19.5 Å². The molecule has 7 nitrogen and oxygen atoms in total. The van der Waals surface area contributed by atoms with Crippen LogP contribution in [0.25, 0.3) is 28.0 Å². The summed E-state index contributed by atoms with van der Waals surface area (Å²) in [5.74, 6) is 1.18. The molecule has 0 aliphatic heterocycles. The molecule has 4 rings (SSSR count). The van der Waals surface area contributed by atoms with E-state index in [0.29, 0.717) is 42.6 Å². The molecule has 2 aromatic carbocycles. The highest BCUT2D eigenvalue weighted by atomic mass is 15.2. The van der Waals surface area contributed by atoms with Crippen molar-refractivity contribution in [3.63, 3.8) is 0 Å². The molecule has 4 aromatic rings. The van der Waals surface area contributed by atoms with Gasteiger partial charge in [0.15, 0.2) is 17.0 Å². The summed E-state index contributed by atoms with van der Waals surface area (Å²) < 4.78 is 1.85. The molecular weight excluding hydrogens is 374 g/mol. The fourth-order valence-electron chi connectivity index (χ4n) is 3.20. The first-order valence-corrected chi connectivity index (χ1v) is 9.89. The summed E-state index contributed by atoms with van der Waals surface area (Å²) >= 11 is 0. The molecule has 0 spiro atoms. The van der Waals surface area contributed by atoms with Gasteiger partial charge in [0.2, 0.25) is 5.95 Å². The highest BCUT2D eigenvalue weighted by Crippen LogP contribution is 2.24. The van der Waals surface area contributed by atoms with E-state index in [9.17, 15) is 0 Å². The maximum Gasteiger partial charge on any atom is 0.226 e. The Kier molecular flexibility index (Phi) is 5.72. The molecule has 0 fully saturated rings. The third kappa shape index (κ3) is 4.16. The predicted molar refractivity (Wildman–Crippen MR) is 123 cm³/mol. The average Bonchev–Trinajstić information content (AvgIpc) is 3.21. The van der Waals surface area contributed by atoms with Gasteiger partial charge in [-0.1, -0.05) is 61.2 Å². The fraction of sp³-hybridized carbons (Fsp3) is 0.174. The second kappa shape index (κ2) is 8.75. The zero-order chi connectivity index (χ0) is 20.9. The number of nitrogens with one attached hydrogen (secondary N) is 2. The summed E-state index contributed by atoms with van der Waals surface area (Å²) in [6, 6.07) is 18.8. The SMILES string of the molecule is C=C(C)n1cnc2c(NCc3ccc(-c4ccccc4)cc3)nc(NCCN)nc21. The Labute approximate surface area is 175 Å². The van der Waals surface area contributed by atoms with E-state index in [4.69, 9.17) is 5.73 Å². The van der Waals surface area contributed by atoms with Gasteiger partial charge in [0.05, 0.1) is 0 Å². The molecule has 4 N–H and O–H groups in total. The van der Waals surface area contributed by atoms with Gasteiger partial charge in [-0.05, 0) is 23.6 Å². The van der Waals surface area contributed by atoms with E-state index in [1.165, 1.54) is 11.1 Å². The first kappa shape index (κ1) is 19.6. The van der Waals surface area contributed by atoms with Gasteiger partial charge in [0.25, 0.3) is 0 Å². The third-order valence-electron chi connectivity index (χ3n) is 4.76. The largest absolute Gasteiger partial charge is 0.364 e. The second-order valence-electron chi connectivity index (χ2n) is 7.05. The number of anilines is 2. The Morgan fingerprint density at radius 1 is 1.00 bits per heavy atom. The third-order valence-corrected chi connectivity index (χ3v) is 4.76. The molecule has 2 aromatic heterocycles.